The smallest absolute Gasteiger partial charge is 0.320 e. The summed E-state index contributed by atoms with van der Waals surface area (Å²) in [7, 11) is 1.31. The van der Waals surface area contributed by atoms with Gasteiger partial charge in [0, 0.05) is 4.90 Å². The molecule has 0 aliphatic carbocycles. The Labute approximate surface area is 117 Å². The number of ether oxygens (including phenoxy) is 2. The van der Waals surface area contributed by atoms with Gasteiger partial charge in [0.05, 0.1) is 19.6 Å². The normalized spacial score (nSPS) is 13.4. The Morgan fingerprint density at radius 1 is 1.21 bits per heavy atom. The molecule has 0 fully saturated rings. The number of benzene rings is 1. The van der Waals surface area contributed by atoms with Crippen LogP contribution >= 0.6 is 11.8 Å². The summed E-state index contributed by atoms with van der Waals surface area (Å²) in [4.78, 5) is 24.5. The van der Waals surface area contributed by atoms with Crippen LogP contribution in [-0.2, 0) is 19.1 Å². The summed E-state index contributed by atoms with van der Waals surface area (Å²) in [6.45, 7) is 3.70. The second kappa shape index (κ2) is 7.84. The van der Waals surface area contributed by atoms with Gasteiger partial charge in [0.15, 0.2) is 0 Å². The van der Waals surface area contributed by atoms with Crippen molar-refractivity contribution in [1.29, 1.82) is 0 Å². The van der Waals surface area contributed by atoms with Gasteiger partial charge in [-0.15, -0.1) is 11.8 Å². The van der Waals surface area contributed by atoms with Gasteiger partial charge in [0.25, 0.3) is 0 Å². The van der Waals surface area contributed by atoms with Crippen LogP contribution in [0.5, 0.6) is 0 Å². The zero-order chi connectivity index (χ0) is 14.3. The molecule has 5 heteroatoms. The largest absolute Gasteiger partial charge is 0.469 e. The molecule has 1 rings (SSSR count). The molecule has 0 saturated carbocycles. The Hall–Kier alpha value is -1.49. The summed E-state index contributed by atoms with van der Waals surface area (Å²) in [6, 6.07) is 9.44. The number of carbonyl (C=O) groups is 2. The zero-order valence-electron chi connectivity index (χ0n) is 11.3. The van der Waals surface area contributed by atoms with Crippen molar-refractivity contribution in [1.82, 2.24) is 0 Å². The molecule has 0 aliphatic rings. The molecule has 0 aromatic heterocycles. The van der Waals surface area contributed by atoms with E-state index in [-0.39, 0.29) is 0 Å². The van der Waals surface area contributed by atoms with Crippen molar-refractivity contribution < 1.29 is 19.1 Å². The Morgan fingerprint density at radius 3 is 2.37 bits per heavy atom. The van der Waals surface area contributed by atoms with Gasteiger partial charge < -0.3 is 9.47 Å². The number of hydrogen-bond acceptors (Lipinski definition) is 5. The fraction of sp³-hybridized carbons (Fsp3) is 0.429. The molecule has 104 valence electrons. The van der Waals surface area contributed by atoms with Crippen LogP contribution in [0.25, 0.3) is 0 Å². The highest BCUT2D eigenvalue weighted by atomic mass is 32.2. The minimum atomic E-state index is -0.602. The maximum Gasteiger partial charge on any atom is 0.320 e. The van der Waals surface area contributed by atoms with E-state index in [4.69, 9.17) is 9.47 Å². The monoisotopic (exact) mass is 282 g/mol. The minimum Gasteiger partial charge on any atom is -0.469 e. The molecule has 0 N–H and O–H groups in total. The molecule has 4 nitrogen and oxygen atoms in total. The molecular weight excluding hydrogens is 264 g/mol. The molecule has 19 heavy (non-hydrogen) atoms. The Morgan fingerprint density at radius 2 is 1.84 bits per heavy atom. The lowest BCUT2D eigenvalue weighted by Gasteiger charge is -2.20. The summed E-state index contributed by atoms with van der Waals surface area (Å²) in [6.07, 6.45) is 0. The van der Waals surface area contributed by atoms with Gasteiger partial charge in [0.1, 0.15) is 5.25 Å². The molecule has 0 amide bonds. The third-order valence-corrected chi connectivity index (χ3v) is 3.95. The van der Waals surface area contributed by atoms with Crippen molar-refractivity contribution in [2.75, 3.05) is 13.7 Å². The summed E-state index contributed by atoms with van der Waals surface area (Å²) in [5.74, 6) is -1.37. The van der Waals surface area contributed by atoms with Crippen molar-refractivity contribution in [2.24, 2.45) is 5.92 Å². The van der Waals surface area contributed by atoms with Crippen LogP contribution in [0, 0.1) is 5.92 Å². The van der Waals surface area contributed by atoms with Crippen LogP contribution in [0.4, 0.5) is 0 Å². The van der Waals surface area contributed by atoms with Gasteiger partial charge in [-0.2, -0.15) is 0 Å². The first-order valence-electron chi connectivity index (χ1n) is 6.06. The van der Waals surface area contributed by atoms with Gasteiger partial charge in [-0.3, -0.25) is 9.59 Å². The van der Waals surface area contributed by atoms with Crippen LogP contribution < -0.4 is 0 Å². The van der Waals surface area contributed by atoms with E-state index >= 15 is 0 Å². The van der Waals surface area contributed by atoms with Gasteiger partial charge >= 0.3 is 11.9 Å². The minimum absolute atomic E-state index is 0.290. The lowest BCUT2D eigenvalue weighted by atomic mass is 10.1. The second-order valence-corrected chi connectivity index (χ2v) is 5.13. The molecule has 2 atom stereocenters. The van der Waals surface area contributed by atoms with Crippen molar-refractivity contribution >= 4 is 23.7 Å². The van der Waals surface area contributed by atoms with E-state index in [1.54, 1.807) is 13.8 Å². The number of hydrogen-bond donors (Lipinski definition) is 0. The molecule has 0 spiro atoms. The zero-order valence-corrected chi connectivity index (χ0v) is 12.1. The van der Waals surface area contributed by atoms with E-state index < -0.39 is 23.1 Å². The van der Waals surface area contributed by atoms with Crippen molar-refractivity contribution in [2.45, 2.75) is 24.0 Å². The lowest BCUT2D eigenvalue weighted by molar-refractivity contribution is -0.151. The number of methoxy groups -OCH3 is 1. The molecular formula is C14H18O4S. The van der Waals surface area contributed by atoms with Crippen molar-refractivity contribution in [3.05, 3.63) is 30.3 Å². The molecule has 0 unspecified atom stereocenters. The maximum atomic E-state index is 12.0. The van der Waals surface area contributed by atoms with Gasteiger partial charge in [-0.1, -0.05) is 25.1 Å². The SMILES string of the molecule is CCOC(=O)[C@H](Sc1ccccc1)[C@H](C)C(=O)OC. The fourth-order valence-corrected chi connectivity index (χ4v) is 2.62. The first-order chi connectivity index (χ1) is 9.10. The molecule has 0 heterocycles. The van der Waals surface area contributed by atoms with Crippen LogP contribution in [0.3, 0.4) is 0 Å². The number of thioether (sulfide) groups is 1. The van der Waals surface area contributed by atoms with Crippen molar-refractivity contribution in [3.63, 3.8) is 0 Å². The molecule has 1 aromatic rings. The quantitative estimate of drug-likeness (QED) is 0.593. The average Bonchev–Trinajstić information content (AvgIpc) is 2.44. The first kappa shape index (κ1) is 15.6. The van der Waals surface area contributed by atoms with Gasteiger partial charge in [-0.25, -0.2) is 0 Å². The van der Waals surface area contributed by atoms with Crippen LogP contribution in [0.1, 0.15) is 13.8 Å². The summed E-state index contributed by atoms with van der Waals surface area (Å²) < 4.78 is 9.72. The summed E-state index contributed by atoms with van der Waals surface area (Å²) in [5.41, 5.74) is 0. The third-order valence-electron chi connectivity index (χ3n) is 2.55. The van der Waals surface area contributed by atoms with E-state index in [1.165, 1.54) is 18.9 Å². The molecule has 0 bridgehead atoms. The lowest BCUT2D eigenvalue weighted by Crippen LogP contribution is -2.32. The predicted molar refractivity (Wildman–Crippen MR) is 73.9 cm³/mol. The Kier molecular flexibility index (Phi) is 6.42. The van der Waals surface area contributed by atoms with Crippen LogP contribution in [0.2, 0.25) is 0 Å². The standard InChI is InChI=1S/C14H18O4S/c1-4-18-14(16)12(10(2)13(15)17-3)19-11-8-6-5-7-9-11/h5-10,12H,4H2,1-3H3/t10-,12+/m0/s1. The second-order valence-electron chi connectivity index (χ2n) is 3.92. The van der Waals surface area contributed by atoms with Crippen LogP contribution in [-0.4, -0.2) is 30.9 Å². The highest BCUT2D eigenvalue weighted by Gasteiger charge is 2.33. The fourth-order valence-electron chi connectivity index (χ4n) is 1.53. The van der Waals surface area contributed by atoms with Gasteiger partial charge in [-0.05, 0) is 19.1 Å². The molecule has 0 aliphatic heterocycles. The Balaban J connectivity index is 2.86. The maximum absolute atomic E-state index is 12.0. The number of esters is 2. The average molecular weight is 282 g/mol. The molecule has 0 radical (unpaired) electrons. The third kappa shape index (κ3) is 4.59. The number of carbonyl (C=O) groups excluding carboxylic acids is 2. The van der Waals surface area contributed by atoms with Gasteiger partial charge in [0.2, 0.25) is 0 Å². The molecule has 0 saturated heterocycles. The van der Waals surface area contributed by atoms with E-state index in [0.717, 1.165) is 4.90 Å². The highest BCUT2D eigenvalue weighted by molar-refractivity contribution is 8.00. The highest BCUT2D eigenvalue weighted by Crippen LogP contribution is 2.29. The topological polar surface area (TPSA) is 52.6 Å². The van der Waals surface area contributed by atoms with Crippen molar-refractivity contribution in [3.8, 4) is 0 Å². The van der Waals surface area contributed by atoms with Crippen LogP contribution in [0.15, 0.2) is 35.2 Å². The van der Waals surface area contributed by atoms with E-state index in [9.17, 15) is 9.59 Å². The van der Waals surface area contributed by atoms with E-state index in [2.05, 4.69) is 0 Å². The predicted octanol–water partition coefficient (Wildman–Crippen LogP) is 2.52. The Bertz CT molecular complexity index is 419. The summed E-state index contributed by atoms with van der Waals surface area (Å²) in [5, 5.41) is -0.602. The number of rotatable bonds is 6. The summed E-state index contributed by atoms with van der Waals surface area (Å²) >= 11 is 1.31. The molecule has 1 aromatic carbocycles. The van der Waals surface area contributed by atoms with E-state index in [1.807, 2.05) is 30.3 Å². The first-order valence-corrected chi connectivity index (χ1v) is 6.94. The van der Waals surface area contributed by atoms with E-state index in [0.29, 0.717) is 6.61 Å².